The number of hydrogen-bond donors (Lipinski definition) is 2. The van der Waals surface area contributed by atoms with Gasteiger partial charge in [0, 0.05) is 0 Å². The van der Waals surface area contributed by atoms with Gasteiger partial charge in [-0.3, -0.25) is 0 Å². The summed E-state index contributed by atoms with van der Waals surface area (Å²) in [6.07, 6.45) is 12.2. The van der Waals surface area contributed by atoms with Crippen molar-refractivity contribution in [2.75, 3.05) is 33.0 Å². The quantitative estimate of drug-likeness (QED) is 0.405. The lowest BCUT2D eigenvalue weighted by Crippen LogP contribution is -2.17. The van der Waals surface area contributed by atoms with Crippen molar-refractivity contribution in [2.24, 2.45) is 0 Å². The number of aliphatic hydroxyl groups is 2. The van der Waals surface area contributed by atoms with Crippen LogP contribution in [0.4, 0.5) is 0 Å². The fourth-order valence-corrected chi connectivity index (χ4v) is 2.28. The van der Waals surface area contributed by atoms with Gasteiger partial charge in [-0.2, -0.15) is 0 Å². The minimum atomic E-state index is -0.354. The van der Waals surface area contributed by atoms with Crippen molar-refractivity contribution in [3.05, 3.63) is 0 Å². The van der Waals surface area contributed by atoms with Crippen LogP contribution in [-0.2, 0) is 9.47 Å². The molecule has 21 heavy (non-hydrogen) atoms. The predicted octanol–water partition coefficient (Wildman–Crippen LogP) is 3.29. The molecule has 0 aliphatic heterocycles. The van der Waals surface area contributed by atoms with E-state index < -0.39 is 0 Å². The van der Waals surface area contributed by atoms with E-state index in [9.17, 15) is 5.11 Å². The summed E-state index contributed by atoms with van der Waals surface area (Å²) in [5.74, 6) is 0. The molecule has 0 radical (unpaired) electrons. The lowest BCUT2D eigenvalue weighted by Gasteiger charge is -2.11. The van der Waals surface area contributed by atoms with Crippen molar-refractivity contribution in [3.63, 3.8) is 0 Å². The molecule has 0 fully saturated rings. The van der Waals surface area contributed by atoms with Crippen molar-refractivity contribution in [2.45, 2.75) is 77.2 Å². The Balaban J connectivity index is 3.10. The van der Waals surface area contributed by atoms with Gasteiger partial charge in [-0.1, -0.05) is 64.7 Å². The van der Waals surface area contributed by atoms with Gasteiger partial charge in [0.05, 0.1) is 39.1 Å². The van der Waals surface area contributed by atoms with E-state index in [0.29, 0.717) is 26.4 Å². The summed E-state index contributed by atoms with van der Waals surface area (Å²) < 4.78 is 10.4. The van der Waals surface area contributed by atoms with Crippen LogP contribution in [0.5, 0.6) is 0 Å². The Morgan fingerprint density at radius 2 is 1.33 bits per heavy atom. The molecule has 1 atom stereocenters. The van der Waals surface area contributed by atoms with Crippen LogP contribution in [0.3, 0.4) is 0 Å². The third-order valence-electron chi connectivity index (χ3n) is 3.56. The molecule has 0 bridgehead atoms. The average Bonchev–Trinajstić information content (AvgIpc) is 2.49. The zero-order chi connectivity index (χ0) is 15.6. The molecular weight excluding hydrogens is 268 g/mol. The Hall–Kier alpha value is -0.160. The van der Waals surface area contributed by atoms with Gasteiger partial charge in [-0.25, -0.2) is 0 Å². The molecule has 0 saturated heterocycles. The summed E-state index contributed by atoms with van der Waals surface area (Å²) in [6, 6.07) is 0. The van der Waals surface area contributed by atoms with Crippen LogP contribution in [0.25, 0.3) is 0 Å². The molecule has 0 amide bonds. The molecule has 0 rings (SSSR count). The van der Waals surface area contributed by atoms with Crippen molar-refractivity contribution in [3.8, 4) is 0 Å². The van der Waals surface area contributed by atoms with Crippen molar-refractivity contribution in [1.29, 1.82) is 0 Å². The zero-order valence-corrected chi connectivity index (χ0v) is 13.9. The highest BCUT2D eigenvalue weighted by atomic mass is 16.5. The first-order chi connectivity index (χ1) is 10.3. The number of hydrogen-bond acceptors (Lipinski definition) is 4. The van der Waals surface area contributed by atoms with Gasteiger partial charge in [-0.15, -0.1) is 0 Å². The molecule has 0 saturated carbocycles. The molecule has 128 valence electrons. The van der Waals surface area contributed by atoms with Gasteiger partial charge < -0.3 is 19.7 Å². The maximum absolute atomic E-state index is 9.75. The van der Waals surface area contributed by atoms with E-state index in [2.05, 4.69) is 6.92 Å². The summed E-state index contributed by atoms with van der Waals surface area (Å²) >= 11 is 0. The highest BCUT2D eigenvalue weighted by Gasteiger charge is 2.03. The first kappa shape index (κ1) is 20.8. The molecular formula is C17H36O4. The van der Waals surface area contributed by atoms with Gasteiger partial charge in [-0.05, 0) is 6.42 Å². The van der Waals surface area contributed by atoms with E-state index in [1.165, 1.54) is 51.4 Å². The molecule has 0 aliphatic carbocycles. The third-order valence-corrected chi connectivity index (χ3v) is 3.56. The maximum atomic E-state index is 9.75. The van der Waals surface area contributed by atoms with Crippen molar-refractivity contribution in [1.82, 2.24) is 0 Å². The Morgan fingerprint density at radius 3 is 1.95 bits per heavy atom. The molecule has 4 nitrogen and oxygen atoms in total. The minimum Gasteiger partial charge on any atom is -0.394 e. The summed E-state index contributed by atoms with van der Waals surface area (Å²) in [4.78, 5) is 0. The molecule has 0 spiro atoms. The van der Waals surface area contributed by atoms with Gasteiger partial charge in [0.25, 0.3) is 0 Å². The van der Waals surface area contributed by atoms with Crippen LogP contribution in [0.15, 0.2) is 0 Å². The van der Waals surface area contributed by atoms with Gasteiger partial charge in [0.2, 0.25) is 0 Å². The molecule has 1 unspecified atom stereocenters. The highest BCUT2D eigenvalue weighted by Crippen LogP contribution is 2.11. The highest BCUT2D eigenvalue weighted by molar-refractivity contribution is 4.55. The monoisotopic (exact) mass is 304 g/mol. The topological polar surface area (TPSA) is 58.9 Å². The van der Waals surface area contributed by atoms with Crippen LogP contribution in [-0.4, -0.2) is 49.4 Å². The number of ether oxygens (including phenoxy) is 2. The van der Waals surface area contributed by atoms with Crippen molar-refractivity contribution >= 4 is 0 Å². The molecule has 0 aliphatic rings. The largest absolute Gasteiger partial charge is 0.394 e. The molecule has 0 heterocycles. The van der Waals surface area contributed by atoms with E-state index in [1.54, 1.807) is 0 Å². The minimum absolute atomic E-state index is 0.0429. The number of rotatable bonds is 17. The third kappa shape index (κ3) is 17.8. The Morgan fingerprint density at radius 1 is 0.762 bits per heavy atom. The van der Waals surface area contributed by atoms with E-state index in [-0.39, 0.29) is 12.7 Å². The first-order valence-corrected chi connectivity index (χ1v) is 8.75. The molecule has 0 aromatic rings. The first-order valence-electron chi connectivity index (χ1n) is 8.75. The summed E-state index contributed by atoms with van der Waals surface area (Å²) in [5, 5.41) is 18.3. The van der Waals surface area contributed by atoms with Crippen LogP contribution < -0.4 is 0 Å². The second-order valence-electron chi connectivity index (χ2n) is 5.68. The second-order valence-corrected chi connectivity index (χ2v) is 5.68. The standard InChI is InChI=1S/C17H36O4/c1-2-3-4-5-6-7-8-9-10-11-17(19)16-21-15-14-20-13-12-18/h17-19H,2-16H2,1H3. The normalized spacial score (nSPS) is 12.7. The second kappa shape index (κ2) is 17.9. The fourth-order valence-electron chi connectivity index (χ4n) is 2.28. The Labute approximate surface area is 130 Å². The van der Waals surface area contributed by atoms with Crippen LogP contribution in [0, 0.1) is 0 Å². The van der Waals surface area contributed by atoms with Crippen LogP contribution in [0.2, 0.25) is 0 Å². The summed E-state index contributed by atoms with van der Waals surface area (Å²) in [6.45, 7) is 3.99. The summed E-state index contributed by atoms with van der Waals surface area (Å²) in [7, 11) is 0. The SMILES string of the molecule is CCCCCCCCCCCC(O)COCCOCCO. The predicted molar refractivity (Wildman–Crippen MR) is 86.6 cm³/mol. The molecule has 0 aromatic carbocycles. The number of aliphatic hydroxyl groups excluding tert-OH is 2. The van der Waals surface area contributed by atoms with Crippen molar-refractivity contribution < 1.29 is 19.7 Å². The summed E-state index contributed by atoms with van der Waals surface area (Å²) in [5.41, 5.74) is 0. The van der Waals surface area contributed by atoms with E-state index >= 15 is 0 Å². The average molecular weight is 304 g/mol. The van der Waals surface area contributed by atoms with E-state index in [0.717, 1.165) is 12.8 Å². The lowest BCUT2D eigenvalue weighted by atomic mass is 10.1. The molecule has 4 heteroatoms. The fraction of sp³-hybridized carbons (Fsp3) is 1.00. The molecule has 2 N–H and O–H groups in total. The Bertz CT molecular complexity index is 188. The Kier molecular flexibility index (Phi) is 17.8. The maximum Gasteiger partial charge on any atom is 0.0773 e. The van der Waals surface area contributed by atoms with Crippen LogP contribution >= 0.6 is 0 Å². The van der Waals surface area contributed by atoms with E-state index in [1.807, 2.05) is 0 Å². The van der Waals surface area contributed by atoms with Gasteiger partial charge in [0.15, 0.2) is 0 Å². The van der Waals surface area contributed by atoms with Crippen LogP contribution in [0.1, 0.15) is 71.1 Å². The smallest absolute Gasteiger partial charge is 0.0773 e. The number of unbranched alkanes of at least 4 members (excludes halogenated alkanes) is 8. The van der Waals surface area contributed by atoms with Gasteiger partial charge in [0.1, 0.15) is 0 Å². The molecule has 0 aromatic heterocycles. The van der Waals surface area contributed by atoms with E-state index in [4.69, 9.17) is 14.6 Å². The van der Waals surface area contributed by atoms with Gasteiger partial charge >= 0.3 is 0 Å². The zero-order valence-electron chi connectivity index (χ0n) is 13.9. The lowest BCUT2D eigenvalue weighted by molar-refractivity contribution is -0.00465.